The monoisotopic (exact) mass is 525 g/mol. The Bertz CT molecular complexity index is 1180. The fourth-order valence-electron chi connectivity index (χ4n) is 2.64. The van der Waals surface area contributed by atoms with Gasteiger partial charge in [-0.25, -0.2) is 23.4 Å². The number of hydrogen-bond donors (Lipinski definition) is 1. The first-order valence-electron chi connectivity index (χ1n) is 8.00. The Morgan fingerprint density at radius 3 is 2.50 bits per heavy atom. The highest BCUT2D eigenvalue weighted by Gasteiger charge is 2.32. The van der Waals surface area contributed by atoms with Crippen molar-refractivity contribution in [2.75, 3.05) is 18.1 Å². The van der Waals surface area contributed by atoms with Gasteiger partial charge in [0, 0.05) is 20.3 Å². The van der Waals surface area contributed by atoms with E-state index < -0.39 is 21.6 Å². The summed E-state index contributed by atoms with van der Waals surface area (Å²) in [6.07, 6.45) is -3.84. The van der Waals surface area contributed by atoms with Crippen molar-refractivity contribution in [2.24, 2.45) is 7.05 Å². The third-order valence-corrected chi connectivity index (χ3v) is 6.70. The summed E-state index contributed by atoms with van der Waals surface area (Å²) in [4.78, 5) is 12.4. The highest BCUT2D eigenvalue weighted by atomic mass is 127. The van der Waals surface area contributed by atoms with Gasteiger partial charge in [0.15, 0.2) is 21.3 Å². The van der Waals surface area contributed by atoms with Crippen molar-refractivity contribution in [1.29, 1.82) is 0 Å². The molecule has 0 atom stereocenters. The van der Waals surface area contributed by atoms with E-state index in [9.17, 15) is 21.6 Å². The van der Waals surface area contributed by atoms with Crippen LogP contribution in [0.15, 0.2) is 23.2 Å². The number of halogens is 4. The maximum Gasteiger partial charge on any atom is 0.417 e. The van der Waals surface area contributed by atoms with E-state index in [0.717, 1.165) is 12.3 Å². The first-order valence-corrected chi connectivity index (χ1v) is 10.7. The summed E-state index contributed by atoms with van der Waals surface area (Å²) in [5.41, 5.74) is -0.689. The second kappa shape index (κ2) is 7.13. The molecular weight excluding hydrogens is 510 g/mol. The summed E-state index contributed by atoms with van der Waals surface area (Å²) in [6.45, 7) is 1.50. The molecule has 0 aliphatic carbocycles. The number of alkyl halides is 3. The average Bonchev–Trinajstić information content (AvgIpc) is 2.97. The summed E-state index contributed by atoms with van der Waals surface area (Å²) < 4.78 is 66.1. The van der Waals surface area contributed by atoms with E-state index in [0.29, 0.717) is 9.39 Å². The van der Waals surface area contributed by atoms with E-state index in [1.54, 1.807) is 14.1 Å². The van der Waals surface area contributed by atoms with Crippen molar-refractivity contribution in [1.82, 2.24) is 19.5 Å². The summed E-state index contributed by atoms with van der Waals surface area (Å²) >= 11 is 1.96. The van der Waals surface area contributed by atoms with Gasteiger partial charge in [-0.05, 0) is 34.7 Å². The lowest BCUT2D eigenvalue weighted by molar-refractivity contribution is -0.137. The molecule has 0 radical (unpaired) electrons. The molecule has 0 amide bonds. The van der Waals surface area contributed by atoms with Gasteiger partial charge in [-0.2, -0.15) is 13.2 Å². The van der Waals surface area contributed by atoms with Crippen molar-refractivity contribution >= 4 is 49.4 Å². The molecule has 0 saturated heterocycles. The molecule has 150 valence electrons. The summed E-state index contributed by atoms with van der Waals surface area (Å²) in [6, 6.07) is 2.35. The number of pyridine rings is 2. The first kappa shape index (κ1) is 20.8. The smallest absolute Gasteiger partial charge is 0.372 e. The minimum atomic E-state index is -4.56. The average molecular weight is 525 g/mol. The van der Waals surface area contributed by atoms with Gasteiger partial charge in [0.25, 0.3) is 0 Å². The van der Waals surface area contributed by atoms with E-state index in [4.69, 9.17) is 0 Å². The highest BCUT2D eigenvalue weighted by Crippen LogP contribution is 2.34. The van der Waals surface area contributed by atoms with Gasteiger partial charge in [0.2, 0.25) is 0 Å². The normalized spacial score (nSPS) is 12.5. The topological polar surface area (TPSA) is 89.8 Å². The van der Waals surface area contributed by atoms with Crippen LogP contribution in [0.2, 0.25) is 0 Å². The van der Waals surface area contributed by atoms with Crippen LogP contribution in [0.4, 0.5) is 19.0 Å². The molecule has 12 heteroatoms. The Hall–Kier alpha value is -1.96. The zero-order valence-electron chi connectivity index (χ0n) is 15.0. The SMILES string of the molecule is CCS(=O)(=O)c1cc(I)c(NC)nc1-c1nc2cc(C(F)(F)F)cnc2n1C. The van der Waals surface area contributed by atoms with Crippen LogP contribution in [0.1, 0.15) is 12.5 Å². The van der Waals surface area contributed by atoms with Crippen LogP contribution in [0, 0.1) is 3.57 Å². The molecule has 0 aromatic carbocycles. The lowest BCUT2D eigenvalue weighted by Crippen LogP contribution is -2.11. The predicted octanol–water partition coefficient (Wildman–Crippen LogP) is 3.49. The van der Waals surface area contributed by atoms with Crippen molar-refractivity contribution in [3.8, 4) is 11.5 Å². The molecule has 0 saturated carbocycles. The molecule has 3 aromatic heterocycles. The lowest BCUT2D eigenvalue weighted by Gasteiger charge is -2.12. The number of nitrogens with zero attached hydrogens (tertiary/aromatic N) is 4. The lowest BCUT2D eigenvalue weighted by atomic mass is 10.2. The zero-order chi connectivity index (χ0) is 20.9. The number of aromatic nitrogens is 4. The number of sulfone groups is 1. The number of hydrogen-bond acceptors (Lipinski definition) is 6. The number of nitrogens with one attached hydrogen (secondary N) is 1. The Kier molecular flexibility index (Phi) is 5.29. The molecule has 0 spiro atoms. The molecule has 0 aliphatic heterocycles. The predicted molar refractivity (Wildman–Crippen MR) is 107 cm³/mol. The molecule has 0 fully saturated rings. The molecule has 0 unspecified atom stereocenters. The van der Waals surface area contributed by atoms with Gasteiger partial charge >= 0.3 is 6.18 Å². The summed E-state index contributed by atoms with van der Waals surface area (Å²) in [7, 11) is -0.478. The highest BCUT2D eigenvalue weighted by molar-refractivity contribution is 14.1. The van der Waals surface area contributed by atoms with Crippen molar-refractivity contribution in [2.45, 2.75) is 18.0 Å². The first-order chi connectivity index (χ1) is 13.0. The second-order valence-corrected chi connectivity index (χ2v) is 9.29. The second-order valence-electron chi connectivity index (χ2n) is 5.88. The fraction of sp³-hybridized carbons (Fsp3) is 0.312. The summed E-state index contributed by atoms with van der Waals surface area (Å²) in [5.74, 6) is 0.389. The number of aryl methyl sites for hydroxylation is 1. The molecule has 1 N–H and O–H groups in total. The Balaban J connectivity index is 2.34. The van der Waals surface area contributed by atoms with Crippen molar-refractivity contribution < 1.29 is 21.6 Å². The molecule has 0 bridgehead atoms. The van der Waals surface area contributed by atoms with Gasteiger partial charge in [-0.3, -0.25) is 0 Å². The minimum absolute atomic E-state index is 0.00136. The standard InChI is InChI=1S/C16H15F3IN5O2S/c1-4-28(26,27)11-6-9(20)13(21-2)24-12(11)15-23-10-5-8(16(17,18)19)7-22-14(10)25(15)3/h5-7H,4H2,1-3H3,(H,21,24). The Morgan fingerprint density at radius 1 is 1.25 bits per heavy atom. The Morgan fingerprint density at radius 2 is 1.93 bits per heavy atom. The Labute approximate surface area is 172 Å². The number of rotatable bonds is 4. The van der Waals surface area contributed by atoms with Crippen LogP contribution in [-0.2, 0) is 23.1 Å². The van der Waals surface area contributed by atoms with Gasteiger partial charge < -0.3 is 9.88 Å². The van der Waals surface area contributed by atoms with Crippen LogP contribution in [-0.4, -0.2) is 40.7 Å². The number of anilines is 1. The van der Waals surface area contributed by atoms with Gasteiger partial charge in [-0.1, -0.05) is 6.92 Å². The van der Waals surface area contributed by atoms with Gasteiger partial charge in [0.05, 0.1) is 19.8 Å². The van der Waals surface area contributed by atoms with Gasteiger partial charge in [-0.15, -0.1) is 0 Å². The largest absolute Gasteiger partial charge is 0.417 e. The maximum atomic E-state index is 13.0. The number of fused-ring (bicyclic) bond motifs is 1. The quantitative estimate of drug-likeness (QED) is 0.525. The van der Waals surface area contributed by atoms with Crippen molar-refractivity contribution in [3.63, 3.8) is 0 Å². The van der Waals surface area contributed by atoms with Crippen LogP contribution >= 0.6 is 22.6 Å². The number of imidazole rings is 1. The molecule has 7 nitrogen and oxygen atoms in total. The van der Waals surface area contributed by atoms with E-state index >= 15 is 0 Å². The van der Waals surface area contributed by atoms with Crippen molar-refractivity contribution in [3.05, 3.63) is 27.5 Å². The maximum absolute atomic E-state index is 13.0. The van der Waals surface area contributed by atoms with Gasteiger partial charge in [0.1, 0.15) is 17.0 Å². The van der Waals surface area contributed by atoms with Crippen LogP contribution in [0.3, 0.4) is 0 Å². The molecule has 3 heterocycles. The van der Waals surface area contributed by atoms with Crippen LogP contribution < -0.4 is 5.32 Å². The van der Waals surface area contributed by atoms with E-state index in [1.165, 1.54) is 17.6 Å². The van der Waals surface area contributed by atoms with E-state index in [-0.39, 0.29) is 33.3 Å². The van der Waals surface area contributed by atoms with E-state index in [2.05, 4.69) is 20.3 Å². The molecule has 3 aromatic rings. The summed E-state index contributed by atoms with van der Waals surface area (Å²) in [5, 5.41) is 2.87. The van der Waals surface area contributed by atoms with E-state index in [1.807, 2.05) is 22.6 Å². The molecule has 28 heavy (non-hydrogen) atoms. The molecule has 3 rings (SSSR count). The third kappa shape index (κ3) is 3.54. The zero-order valence-corrected chi connectivity index (χ0v) is 17.9. The third-order valence-electron chi connectivity index (χ3n) is 4.14. The molecule has 0 aliphatic rings. The fourth-order valence-corrected chi connectivity index (χ4v) is 4.60. The van der Waals surface area contributed by atoms with Crippen LogP contribution in [0.25, 0.3) is 22.7 Å². The van der Waals surface area contributed by atoms with Crippen LogP contribution in [0.5, 0.6) is 0 Å². The molecular formula is C16H15F3IN5O2S. The minimum Gasteiger partial charge on any atom is -0.372 e.